The molecule has 0 aromatic heterocycles. The first-order chi connectivity index (χ1) is 9.59. The fourth-order valence-corrected chi connectivity index (χ4v) is 3.28. The Bertz CT molecular complexity index is 420. The Kier molecular flexibility index (Phi) is 5.97. The number of rotatable bonds is 5. The SMILES string of the molecule is CC(N)C1CCCCN1CCOc1c(Cl)cccc1Cl. The Labute approximate surface area is 131 Å². The molecule has 112 valence electrons. The highest BCUT2D eigenvalue weighted by Crippen LogP contribution is 2.32. The van der Waals surface area contributed by atoms with Crippen molar-refractivity contribution in [3.63, 3.8) is 0 Å². The van der Waals surface area contributed by atoms with Crippen molar-refractivity contribution in [2.24, 2.45) is 5.73 Å². The van der Waals surface area contributed by atoms with E-state index in [1.54, 1.807) is 12.1 Å². The maximum absolute atomic E-state index is 6.09. The van der Waals surface area contributed by atoms with Crippen molar-refractivity contribution >= 4 is 23.2 Å². The van der Waals surface area contributed by atoms with E-state index >= 15 is 0 Å². The van der Waals surface area contributed by atoms with Gasteiger partial charge in [-0.25, -0.2) is 0 Å². The van der Waals surface area contributed by atoms with Crippen molar-refractivity contribution < 1.29 is 4.74 Å². The highest BCUT2D eigenvalue weighted by molar-refractivity contribution is 6.37. The van der Waals surface area contributed by atoms with Crippen LogP contribution >= 0.6 is 23.2 Å². The quantitative estimate of drug-likeness (QED) is 0.902. The maximum atomic E-state index is 6.09. The fraction of sp³-hybridized carbons (Fsp3) is 0.600. The zero-order valence-corrected chi connectivity index (χ0v) is 13.3. The standard InChI is InChI=1S/C15H22Cl2N2O/c1-11(18)14-7-2-3-8-19(14)9-10-20-15-12(16)5-4-6-13(15)17/h4-6,11,14H,2-3,7-10,18H2,1H3. The number of nitrogens with zero attached hydrogens (tertiary/aromatic N) is 1. The number of para-hydroxylation sites is 1. The van der Waals surface area contributed by atoms with Gasteiger partial charge in [0.2, 0.25) is 0 Å². The molecule has 1 aliphatic heterocycles. The molecule has 2 atom stereocenters. The molecule has 1 aromatic rings. The fourth-order valence-electron chi connectivity index (χ4n) is 2.78. The van der Waals surface area contributed by atoms with Gasteiger partial charge in [0, 0.05) is 18.6 Å². The van der Waals surface area contributed by atoms with Gasteiger partial charge in [-0.15, -0.1) is 0 Å². The van der Waals surface area contributed by atoms with Crippen LogP contribution in [0.5, 0.6) is 5.75 Å². The lowest BCUT2D eigenvalue weighted by molar-refractivity contribution is 0.109. The number of benzene rings is 1. The molecule has 1 aliphatic rings. The van der Waals surface area contributed by atoms with Crippen LogP contribution in [-0.2, 0) is 0 Å². The van der Waals surface area contributed by atoms with E-state index in [0.29, 0.717) is 28.4 Å². The zero-order valence-electron chi connectivity index (χ0n) is 11.8. The molecular weight excluding hydrogens is 295 g/mol. The van der Waals surface area contributed by atoms with Crippen molar-refractivity contribution in [1.82, 2.24) is 4.90 Å². The molecule has 1 saturated heterocycles. The first-order valence-corrected chi connectivity index (χ1v) is 7.91. The predicted octanol–water partition coefficient (Wildman–Crippen LogP) is 3.57. The molecule has 3 nitrogen and oxygen atoms in total. The molecule has 20 heavy (non-hydrogen) atoms. The summed E-state index contributed by atoms with van der Waals surface area (Å²) in [6.07, 6.45) is 3.67. The molecule has 0 saturated carbocycles. The van der Waals surface area contributed by atoms with E-state index in [0.717, 1.165) is 13.1 Å². The molecule has 1 fully saturated rings. The van der Waals surface area contributed by atoms with Gasteiger partial charge < -0.3 is 10.5 Å². The van der Waals surface area contributed by atoms with Gasteiger partial charge in [0.1, 0.15) is 6.61 Å². The zero-order chi connectivity index (χ0) is 14.5. The summed E-state index contributed by atoms with van der Waals surface area (Å²) in [5.74, 6) is 0.574. The minimum absolute atomic E-state index is 0.194. The summed E-state index contributed by atoms with van der Waals surface area (Å²) < 4.78 is 5.75. The molecule has 0 bridgehead atoms. The Morgan fingerprint density at radius 1 is 1.35 bits per heavy atom. The van der Waals surface area contributed by atoms with Crippen LogP contribution in [0.4, 0.5) is 0 Å². The molecule has 1 heterocycles. The summed E-state index contributed by atoms with van der Waals surface area (Å²) in [6.45, 7) is 4.60. The van der Waals surface area contributed by atoms with E-state index < -0.39 is 0 Å². The van der Waals surface area contributed by atoms with Crippen LogP contribution in [0, 0.1) is 0 Å². The summed E-state index contributed by atoms with van der Waals surface area (Å²) in [7, 11) is 0. The Balaban J connectivity index is 1.88. The van der Waals surface area contributed by atoms with Gasteiger partial charge in [0.15, 0.2) is 5.75 Å². The highest BCUT2D eigenvalue weighted by Gasteiger charge is 2.25. The average Bonchev–Trinajstić information content (AvgIpc) is 2.42. The van der Waals surface area contributed by atoms with Gasteiger partial charge in [-0.1, -0.05) is 35.7 Å². The third kappa shape index (κ3) is 4.01. The van der Waals surface area contributed by atoms with Gasteiger partial charge in [-0.3, -0.25) is 4.90 Å². The molecule has 0 aliphatic carbocycles. The Morgan fingerprint density at radius 2 is 2.05 bits per heavy atom. The van der Waals surface area contributed by atoms with Crippen LogP contribution < -0.4 is 10.5 Å². The highest BCUT2D eigenvalue weighted by atomic mass is 35.5. The maximum Gasteiger partial charge on any atom is 0.156 e. The smallest absolute Gasteiger partial charge is 0.156 e. The Morgan fingerprint density at radius 3 is 2.70 bits per heavy atom. The topological polar surface area (TPSA) is 38.5 Å². The van der Waals surface area contributed by atoms with E-state index in [-0.39, 0.29) is 6.04 Å². The molecule has 2 N–H and O–H groups in total. The van der Waals surface area contributed by atoms with Crippen molar-refractivity contribution in [3.8, 4) is 5.75 Å². The van der Waals surface area contributed by atoms with Crippen molar-refractivity contribution in [1.29, 1.82) is 0 Å². The molecule has 5 heteroatoms. The number of hydrogen-bond acceptors (Lipinski definition) is 3. The monoisotopic (exact) mass is 316 g/mol. The van der Waals surface area contributed by atoms with Crippen LogP contribution in [0.15, 0.2) is 18.2 Å². The third-order valence-corrected chi connectivity index (χ3v) is 4.41. The molecular formula is C15H22Cl2N2O. The number of nitrogens with two attached hydrogens (primary N) is 1. The molecule has 1 aromatic carbocycles. The van der Waals surface area contributed by atoms with Crippen molar-refractivity contribution in [3.05, 3.63) is 28.2 Å². The second-order valence-electron chi connectivity index (χ2n) is 5.36. The number of ether oxygens (including phenoxy) is 1. The van der Waals surface area contributed by atoms with Gasteiger partial charge in [-0.05, 0) is 38.4 Å². The van der Waals surface area contributed by atoms with Crippen LogP contribution in [0.3, 0.4) is 0 Å². The number of likely N-dealkylation sites (tertiary alicyclic amines) is 1. The minimum atomic E-state index is 0.194. The second-order valence-corrected chi connectivity index (χ2v) is 6.17. The van der Waals surface area contributed by atoms with E-state index in [4.69, 9.17) is 33.7 Å². The normalized spacial score (nSPS) is 21.7. The number of halogens is 2. The van der Waals surface area contributed by atoms with Crippen molar-refractivity contribution in [2.75, 3.05) is 19.7 Å². The number of piperidine rings is 1. The Hall–Kier alpha value is -0.480. The molecule has 2 unspecified atom stereocenters. The van der Waals surface area contributed by atoms with Gasteiger partial charge in [0.05, 0.1) is 10.0 Å². The van der Waals surface area contributed by atoms with E-state index in [1.807, 2.05) is 6.07 Å². The van der Waals surface area contributed by atoms with Crippen LogP contribution in [0.2, 0.25) is 10.0 Å². The first kappa shape index (κ1) is 15.9. The summed E-state index contributed by atoms with van der Waals surface area (Å²) in [5, 5.41) is 1.11. The summed E-state index contributed by atoms with van der Waals surface area (Å²) in [5.41, 5.74) is 6.06. The second kappa shape index (κ2) is 7.51. The number of hydrogen-bond donors (Lipinski definition) is 1. The van der Waals surface area contributed by atoms with Gasteiger partial charge in [-0.2, -0.15) is 0 Å². The van der Waals surface area contributed by atoms with Crippen LogP contribution in [0.1, 0.15) is 26.2 Å². The lowest BCUT2D eigenvalue weighted by Crippen LogP contribution is -2.50. The van der Waals surface area contributed by atoms with Crippen molar-refractivity contribution in [2.45, 2.75) is 38.3 Å². The van der Waals surface area contributed by atoms with E-state index in [2.05, 4.69) is 11.8 Å². The first-order valence-electron chi connectivity index (χ1n) is 7.16. The lowest BCUT2D eigenvalue weighted by atomic mass is 9.97. The summed E-state index contributed by atoms with van der Waals surface area (Å²) in [6, 6.07) is 6.03. The lowest BCUT2D eigenvalue weighted by Gasteiger charge is -2.37. The average molecular weight is 317 g/mol. The molecule has 0 spiro atoms. The van der Waals surface area contributed by atoms with E-state index in [1.165, 1.54) is 19.3 Å². The third-order valence-electron chi connectivity index (χ3n) is 3.81. The largest absolute Gasteiger partial charge is 0.489 e. The van der Waals surface area contributed by atoms with Crippen LogP contribution in [-0.4, -0.2) is 36.7 Å². The molecule has 2 rings (SSSR count). The molecule has 0 radical (unpaired) electrons. The van der Waals surface area contributed by atoms with Gasteiger partial charge in [0.25, 0.3) is 0 Å². The predicted molar refractivity (Wildman–Crippen MR) is 84.8 cm³/mol. The summed E-state index contributed by atoms with van der Waals surface area (Å²) in [4.78, 5) is 2.42. The van der Waals surface area contributed by atoms with E-state index in [9.17, 15) is 0 Å². The molecule has 0 amide bonds. The summed E-state index contributed by atoms with van der Waals surface area (Å²) >= 11 is 12.2. The van der Waals surface area contributed by atoms with Gasteiger partial charge >= 0.3 is 0 Å². The minimum Gasteiger partial charge on any atom is -0.489 e. The van der Waals surface area contributed by atoms with Crippen LogP contribution in [0.25, 0.3) is 0 Å².